The molecule has 0 atom stereocenters. The van der Waals surface area contributed by atoms with Crippen LogP contribution in [0.2, 0.25) is 0 Å². The van der Waals surface area contributed by atoms with Crippen LogP contribution < -0.4 is 4.72 Å². The van der Waals surface area contributed by atoms with Crippen LogP contribution in [-0.2, 0) is 15.8 Å². The quantitative estimate of drug-likeness (QED) is 0.845. The fourth-order valence-corrected chi connectivity index (χ4v) is 3.28. The van der Waals surface area contributed by atoms with Gasteiger partial charge in [0.1, 0.15) is 0 Å². The van der Waals surface area contributed by atoms with Gasteiger partial charge in [-0.05, 0) is 30.5 Å². The van der Waals surface area contributed by atoms with E-state index < -0.39 is 16.0 Å². The maximum atomic E-state index is 11.8. The van der Waals surface area contributed by atoms with E-state index in [1.54, 1.807) is 12.1 Å². The van der Waals surface area contributed by atoms with Gasteiger partial charge in [-0.15, -0.1) is 0 Å². The monoisotopic (exact) mass is 269 g/mol. The highest BCUT2D eigenvalue weighted by atomic mass is 32.2. The predicted octanol–water partition coefficient (Wildman–Crippen LogP) is 1.36. The number of carboxylic acid groups (broad SMARTS) is 1. The second-order valence-electron chi connectivity index (χ2n) is 4.51. The van der Waals surface area contributed by atoms with Gasteiger partial charge in [-0.1, -0.05) is 18.6 Å². The zero-order chi connectivity index (χ0) is 13.2. The summed E-state index contributed by atoms with van der Waals surface area (Å²) in [7, 11) is -3.38. The topological polar surface area (TPSA) is 83.5 Å². The molecule has 0 amide bonds. The van der Waals surface area contributed by atoms with E-state index in [1.165, 1.54) is 12.1 Å². The summed E-state index contributed by atoms with van der Waals surface area (Å²) in [5.74, 6) is -1.23. The Balaban J connectivity index is 2.07. The Bertz CT molecular complexity index is 549. The van der Waals surface area contributed by atoms with E-state index in [0.29, 0.717) is 5.56 Å². The van der Waals surface area contributed by atoms with E-state index in [1.807, 2.05) is 0 Å². The lowest BCUT2D eigenvalue weighted by molar-refractivity contribution is 0.0696. The Kier molecular flexibility index (Phi) is 3.68. The average molecular weight is 269 g/mol. The number of carbonyl (C=O) groups is 1. The van der Waals surface area contributed by atoms with Crippen LogP contribution in [-0.4, -0.2) is 25.5 Å². The first-order valence-corrected chi connectivity index (χ1v) is 7.44. The van der Waals surface area contributed by atoms with E-state index in [0.717, 1.165) is 19.3 Å². The highest BCUT2D eigenvalue weighted by molar-refractivity contribution is 7.88. The van der Waals surface area contributed by atoms with Crippen LogP contribution in [0.15, 0.2) is 24.3 Å². The molecule has 1 aromatic carbocycles. The van der Waals surface area contributed by atoms with Crippen molar-refractivity contribution >= 4 is 16.0 Å². The van der Waals surface area contributed by atoms with Gasteiger partial charge in [-0.2, -0.15) is 0 Å². The van der Waals surface area contributed by atoms with E-state index in [-0.39, 0.29) is 17.4 Å². The average Bonchev–Trinajstić information content (AvgIpc) is 2.23. The molecule has 98 valence electrons. The van der Waals surface area contributed by atoms with Crippen molar-refractivity contribution in [1.82, 2.24) is 4.72 Å². The Morgan fingerprint density at radius 1 is 1.39 bits per heavy atom. The van der Waals surface area contributed by atoms with E-state index >= 15 is 0 Å². The number of hydrogen-bond acceptors (Lipinski definition) is 3. The minimum absolute atomic E-state index is 0.0534. The Morgan fingerprint density at radius 3 is 2.67 bits per heavy atom. The third kappa shape index (κ3) is 3.30. The highest BCUT2D eigenvalue weighted by Crippen LogP contribution is 2.20. The second-order valence-corrected chi connectivity index (χ2v) is 6.26. The fraction of sp³-hybridized carbons (Fsp3) is 0.417. The SMILES string of the molecule is O=C(O)c1cccc(CS(=O)(=O)NC2CCC2)c1. The van der Waals surface area contributed by atoms with Crippen LogP contribution in [0.5, 0.6) is 0 Å². The molecular weight excluding hydrogens is 254 g/mol. The molecule has 0 spiro atoms. The molecular formula is C12H15NO4S. The van der Waals surface area contributed by atoms with Gasteiger partial charge in [0.15, 0.2) is 0 Å². The molecule has 1 aliphatic carbocycles. The van der Waals surface area contributed by atoms with Gasteiger partial charge in [-0.3, -0.25) is 0 Å². The minimum Gasteiger partial charge on any atom is -0.478 e. The smallest absolute Gasteiger partial charge is 0.335 e. The summed E-state index contributed by atoms with van der Waals surface area (Å²) < 4.78 is 26.3. The van der Waals surface area contributed by atoms with Crippen molar-refractivity contribution in [2.24, 2.45) is 0 Å². The van der Waals surface area contributed by atoms with E-state index in [2.05, 4.69) is 4.72 Å². The lowest BCUT2D eigenvalue weighted by atomic mass is 9.94. The van der Waals surface area contributed by atoms with Crippen molar-refractivity contribution in [3.05, 3.63) is 35.4 Å². The zero-order valence-corrected chi connectivity index (χ0v) is 10.6. The third-order valence-electron chi connectivity index (χ3n) is 2.98. The van der Waals surface area contributed by atoms with Crippen molar-refractivity contribution in [2.45, 2.75) is 31.1 Å². The number of carboxylic acids is 1. The molecule has 2 rings (SSSR count). The number of nitrogens with one attached hydrogen (secondary N) is 1. The number of rotatable bonds is 5. The van der Waals surface area contributed by atoms with Gasteiger partial charge in [0.2, 0.25) is 10.0 Å². The summed E-state index contributed by atoms with van der Waals surface area (Å²) in [6.45, 7) is 0. The van der Waals surface area contributed by atoms with Crippen molar-refractivity contribution in [1.29, 1.82) is 0 Å². The number of hydrogen-bond donors (Lipinski definition) is 2. The third-order valence-corrected chi connectivity index (χ3v) is 4.39. The van der Waals surface area contributed by atoms with Gasteiger partial charge >= 0.3 is 5.97 Å². The number of sulfonamides is 1. The van der Waals surface area contributed by atoms with Crippen LogP contribution in [0.3, 0.4) is 0 Å². The van der Waals surface area contributed by atoms with Gasteiger partial charge in [-0.25, -0.2) is 17.9 Å². The molecule has 0 radical (unpaired) electrons. The molecule has 1 aliphatic rings. The standard InChI is InChI=1S/C12H15NO4S/c14-12(15)10-4-1-3-9(7-10)8-18(16,17)13-11-5-2-6-11/h1,3-4,7,11,13H,2,5-6,8H2,(H,14,15). The lowest BCUT2D eigenvalue weighted by Gasteiger charge is -2.26. The molecule has 5 nitrogen and oxygen atoms in total. The predicted molar refractivity (Wildman–Crippen MR) is 66.8 cm³/mol. The molecule has 6 heteroatoms. The maximum absolute atomic E-state index is 11.8. The number of benzene rings is 1. The van der Waals surface area contributed by atoms with Crippen LogP contribution in [0.4, 0.5) is 0 Å². The van der Waals surface area contributed by atoms with Crippen LogP contribution in [0.25, 0.3) is 0 Å². The van der Waals surface area contributed by atoms with E-state index in [9.17, 15) is 13.2 Å². The molecule has 18 heavy (non-hydrogen) atoms. The molecule has 1 fully saturated rings. The molecule has 0 aliphatic heterocycles. The summed E-state index contributed by atoms with van der Waals surface area (Å²) in [6, 6.07) is 6.06. The van der Waals surface area contributed by atoms with Gasteiger partial charge in [0, 0.05) is 6.04 Å². The Morgan fingerprint density at radius 2 is 2.11 bits per heavy atom. The Labute approximate surface area is 106 Å². The fourth-order valence-electron chi connectivity index (χ4n) is 1.84. The van der Waals surface area contributed by atoms with Crippen molar-refractivity contribution in [3.63, 3.8) is 0 Å². The minimum atomic E-state index is -3.38. The van der Waals surface area contributed by atoms with Crippen molar-refractivity contribution < 1.29 is 18.3 Å². The molecule has 0 saturated heterocycles. The van der Waals surface area contributed by atoms with Crippen molar-refractivity contribution in [2.75, 3.05) is 0 Å². The molecule has 2 N–H and O–H groups in total. The van der Waals surface area contributed by atoms with Gasteiger partial charge < -0.3 is 5.11 Å². The summed E-state index contributed by atoms with van der Waals surface area (Å²) in [5.41, 5.74) is 0.591. The molecule has 1 saturated carbocycles. The molecule has 0 unspecified atom stereocenters. The van der Waals surface area contributed by atoms with Crippen molar-refractivity contribution in [3.8, 4) is 0 Å². The summed E-state index contributed by atoms with van der Waals surface area (Å²) in [6.07, 6.45) is 2.82. The molecule has 1 aromatic rings. The van der Waals surface area contributed by atoms with Crippen LogP contribution in [0, 0.1) is 0 Å². The summed E-state index contributed by atoms with van der Waals surface area (Å²) in [4.78, 5) is 10.8. The largest absolute Gasteiger partial charge is 0.478 e. The first-order chi connectivity index (χ1) is 8.46. The highest BCUT2D eigenvalue weighted by Gasteiger charge is 2.23. The van der Waals surface area contributed by atoms with Gasteiger partial charge in [0.05, 0.1) is 11.3 Å². The first kappa shape index (κ1) is 13.0. The molecule has 0 heterocycles. The maximum Gasteiger partial charge on any atom is 0.335 e. The van der Waals surface area contributed by atoms with Crippen LogP contribution >= 0.6 is 0 Å². The van der Waals surface area contributed by atoms with Gasteiger partial charge in [0.25, 0.3) is 0 Å². The first-order valence-electron chi connectivity index (χ1n) is 5.78. The summed E-state index contributed by atoms with van der Waals surface area (Å²) in [5, 5.41) is 8.84. The van der Waals surface area contributed by atoms with Crippen LogP contribution in [0.1, 0.15) is 35.2 Å². The number of aromatic carboxylic acids is 1. The normalized spacial score (nSPS) is 16.2. The second kappa shape index (κ2) is 5.07. The van der Waals surface area contributed by atoms with E-state index in [4.69, 9.17) is 5.11 Å². The molecule has 0 aromatic heterocycles. The Hall–Kier alpha value is -1.40. The lowest BCUT2D eigenvalue weighted by Crippen LogP contribution is -2.40. The zero-order valence-electron chi connectivity index (χ0n) is 9.80. The summed E-state index contributed by atoms with van der Waals surface area (Å²) >= 11 is 0. The molecule has 0 bridgehead atoms.